The van der Waals surface area contributed by atoms with E-state index >= 15 is 0 Å². The minimum atomic E-state index is -0.866. The van der Waals surface area contributed by atoms with Gasteiger partial charge in [-0.15, -0.1) is 0 Å². The molecular formula is C8H5Br2ClO2. The van der Waals surface area contributed by atoms with Crippen molar-refractivity contribution >= 4 is 49.4 Å². The van der Waals surface area contributed by atoms with Crippen LogP contribution in [-0.2, 0) is 11.2 Å². The van der Waals surface area contributed by atoms with Crippen LogP contribution in [-0.4, -0.2) is 11.1 Å². The van der Waals surface area contributed by atoms with Gasteiger partial charge in [0.1, 0.15) is 0 Å². The van der Waals surface area contributed by atoms with Crippen LogP contribution in [0, 0.1) is 0 Å². The van der Waals surface area contributed by atoms with Crippen LogP contribution < -0.4 is 0 Å². The Kier molecular flexibility index (Phi) is 3.76. The molecule has 0 aliphatic heterocycles. The van der Waals surface area contributed by atoms with Gasteiger partial charge in [0.2, 0.25) is 0 Å². The highest BCUT2D eigenvalue weighted by Gasteiger charge is 2.08. The van der Waals surface area contributed by atoms with Crippen LogP contribution in [0.3, 0.4) is 0 Å². The summed E-state index contributed by atoms with van der Waals surface area (Å²) in [6.45, 7) is 0. The number of carbonyl (C=O) groups is 1. The highest BCUT2D eigenvalue weighted by molar-refractivity contribution is 9.11. The summed E-state index contributed by atoms with van der Waals surface area (Å²) in [6, 6.07) is 3.37. The van der Waals surface area contributed by atoms with Crippen molar-refractivity contribution in [1.29, 1.82) is 0 Å². The summed E-state index contributed by atoms with van der Waals surface area (Å²) < 4.78 is 1.41. The van der Waals surface area contributed by atoms with Gasteiger partial charge in [0.05, 0.1) is 11.4 Å². The van der Waals surface area contributed by atoms with Gasteiger partial charge in [-0.3, -0.25) is 4.79 Å². The topological polar surface area (TPSA) is 37.3 Å². The monoisotopic (exact) mass is 326 g/mol. The molecule has 0 bridgehead atoms. The molecule has 5 heteroatoms. The Morgan fingerprint density at radius 3 is 2.54 bits per heavy atom. The number of hydrogen-bond acceptors (Lipinski definition) is 1. The van der Waals surface area contributed by atoms with Gasteiger partial charge in [0, 0.05) is 8.95 Å². The molecule has 0 saturated carbocycles. The smallest absolute Gasteiger partial charge is 0.307 e. The highest BCUT2D eigenvalue weighted by atomic mass is 79.9. The summed E-state index contributed by atoms with van der Waals surface area (Å²) >= 11 is 12.3. The lowest BCUT2D eigenvalue weighted by atomic mass is 10.1. The van der Waals surface area contributed by atoms with Crippen LogP contribution >= 0.6 is 43.5 Å². The molecule has 0 aliphatic rings. The normalized spacial score (nSPS) is 10.1. The van der Waals surface area contributed by atoms with Gasteiger partial charge in [0.15, 0.2) is 0 Å². The number of hydrogen-bond donors (Lipinski definition) is 1. The molecule has 1 aromatic carbocycles. The lowest BCUT2D eigenvalue weighted by Crippen LogP contribution is -2.00. The van der Waals surface area contributed by atoms with E-state index in [1.165, 1.54) is 0 Å². The molecule has 1 N–H and O–H groups in total. The number of halogens is 3. The second kappa shape index (κ2) is 4.44. The van der Waals surface area contributed by atoms with E-state index in [0.717, 1.165) is 0 Å². The quantitative estimate of drug-likeness (QED) is 0.844. The van der Waals surface area contributed by atoms with E-state index in [9.17, 15) is 4.79 Å². The third-order valence-electron chi connectivity index (χ3n) is 1.43. The van der Waals surface area contributed by atoms with Gasteiger partial charge < -0.3 is 5.11 Å². The molecule has 0 radical (unpaired) electrons. The van der Waals surface area contributed by atoms with E-state index in [1.54, 1.807) is 12.1 Å². The van der Waals surface area contributed by atoms with Crippen LogP contribution in [0.15, 0.2) is 21.1 Å². The Hall–Kier alpha value is -0.0600. The maximum absolute atomic E-state index is 10.4. The molecule has 0 aromatic heterocycles. The lowest BCUT2D eigenvalue weighted by Gasteiger charge is -2.03. The summed E-state index contributed by atoms with van der Waals surface area (Å²) in [7, 11) is 0. The molecular weight excluding hydrogens is 323 g/mol. The molecule has 0 saturated heterocycles. The number of benzene rings is 1. The van der Waals surface area contributed by atoms with Crippen molar-refractivity contribution in [3.63, 3.8) is 0 Å². The SMILES string of the molecule is O=C(O)Cc1cc(Br)c(Cl)cc1Br. The predicted molar refractivity (Wildman–Crippen MR) is 58.2 cm³/mol. The average Bonchev–Trinajstić information content (AvgIpc) is 1.99. The molecule has 0 amide bonds. The maximum atomic E-state index is 10.4. The van der Waals surface area contributed by atoms with Crippen molar-refractivity contribution in [3.05, 3.63) is 31.7 Å². The van der Waals surface area contributed by atoms with Crippen molar-refractivity contribution < 1.29 is 9.90 Å². The molecule has 0 atom stereocenters. The molecule has 1 aromatic rings. The van der Waals surface area contributed by atoms with Crippen LogP contribution in [0.2, 0.25) is 5.02 Å². The standard InChI is InChI=1S/C8H5Br2ClO2/c9-5-3-7(11)6(10)1-4(5)2-8(12)13/h1,3H,2H2,(H,12,13). The van der Waals surface area contributed by atoms with Crippen LogP contribution in [0.5, 0.6) is 0 Å². The highest BCUT2D eigenvalue weighted by Crippen LogP contribution is 2.29. The minimum absolute atomic E-state index is 0.0175. The fraction of sp³-hybridized carbons (Fsp3) is 0.125. The minimum Gasteiger partial charge on any atom is -0.481 e. The molecule has 0 spiro atoms. The Morgan fingerprint density at radius 1 is 1.38 bits per heavy atom. The third kappa shape index (κ3) is 2.97. The number of aliphatic carboxylic acids is 1. The van der Waals surface area contributed by atoms with Gasteiger partial charge in [-0.05, 0) is 33.6 Å². The zero-order chi connectivity index (χ0) is 10.0. The summed E-state index contributed by atoms with van der Waals surface area (Å²) in [6.07, 6.45) is -0.0175. The third-order valence-corrected chi connectivity index (χ3v) is 3.37. The zero-order valence-corrected chi connectivity index (χ0v) is 10.3. The number of carboxylic acids is 1. The molecule has 0 unspecified atom stereocenters. The first kappa shape index (κ1) is 11.0. The lowest BCUT2D eigenvalue weighted by molar-refractivity contribution is -0.136. The fourth-order valence-corrected chi connectivity index (χ4v) is 2.03. The van der Waals surface area contributed by atoms with E-state index in [2.05, 4.69) is 31.9 Å². The van der Waals surface area contributed by atoms with E-state index < -0.39 is 5.97 Å². The van der Waals surface area contributed by atoms with Crippen LogP contribution in [0.4, 0.5) is 0 Å². The van der Waals surface area contributed by atoms with Crippen LogP contribution in [0.25, 0.3) is 0 Å². The molecule has 0 heterocycles. The van der Waals surface area contributed by atoms with Crippen molar-refractivity contribution in [2.75, 3.05) is 0 Å². The summed E-state index contributed by atoms with van der Waals surface area (Å²) in [5.41, 5.74) is 0.698. The Balaban J connectivity index is 3.08. The Morgan fingerprint density at radius 2 is 2.00 bits per heavy atom. The van der Waals surface area contributed by atoms with E-state index in [-0.39, 0.29) is 6.42 Å². The second-order valence-electron chi connectivity index (χ2n) is 2.43. The fourth-order valence-electron chi connectivity index (χ4n) is 0.862. The number of rotatable bonds is 2. The molecule has 0 aliphatic carbocycles. The number of carboxylic acid groups (broad SMARTS) is 1. The van der Waals surface area contributed by atoms with Gasteiger partial charge in [0.25, 0.3) is 0 Å². The molecule has 0 fully saturated rings. The van der Waals surface area contributed by atoms with E-state index in [0.29, 0.717) is 19.5 Å². The first-order valence-corrected chi connectivity index (χ1v) is 5.32. The van der Waals surface area contributed by atoms with Crippen LogP contribution in [0.1, 0.15) is 5.56 Å². The molecule has 1 rings (SSSR count). The predicted octanol–water partition coefficient (Wildman–Crippen LogP) is 3.49. The van der Waals surface area contributed by atoms with Gasteiger partial charge >= 0.3 is 5.97 Å². The molecule has 2 nitrogen and oxygen atoms in total. The zero-order valence-electron chi connectivity index (χ0n) is 6.35. The van der Waals surface area contributed by atoms with Gasteiger partial charge in [-0.25, -0.2) is 0 Å². The summed E-state index contributed by atoms with van der Waals surface area (Å²) in [5, 5.41) is 9.14. The van der Waals surface area contributed by atoms with Gasteiger partial charge in [-0.2, -0.15) is 0 Å². The summed E-state index contributed by atoms with van der Waals surface area (Å²) in [5.74, 6) is -0.866. The summed E-state index contributed by atoms with van der Waals surface area (Å²) in [4.78, 5) is 10.4. The maximum Gasteiger partial charge on any atom is 0.307 e. The molecule has 13 heavy (non-hydrogen) atoms. The van der Waals surface area contributed by atoms with E-state index in [1.807, 2.05) is 0 Å². The van der Waals surface area contributed by atoms with Crippen molar-refractivity contribution in [2.24, 2.45) is 0 Å². The Bertz CT molecular complexity index is 352. The largest absolute Gasteiger partial charge is 0.481 e. The first-order valence-electron chi connectivity index (χ1n) is 3.36. The average molecular weight is 328 g/mol. The van der Waals surface area contributed by atoms with Crippen molar-refractivity contribution in [1.82, 2.24) is 0 Å². The van der Waals surface area contributed by atoms with E-state index in [4.69, 9.17) is 16.7 Å². The van der Waals surface area contributed by atoms with Crippen molar-refractivity contribution in [3.8, 4) is 0 Å². The first-order chi connectivity index (χ1) is 6.00. The molecule has 70 valence electrons. The van der Waals surface area contributed by atoms with Gasteiger partial charge in [-0.1, -0.05) is 27.5 Å². The second-order valence-corrected chi connectivity index (χ2v) is 4.54. The Labute approximate surface area is 97.2 Å². The van der Waals surface area contributed by atoms with Crippen molar-refractivity contribution in [2.45, 2.75) is 6.42 Å².